The lowest BCUT2D eigenvalue weighted by molar-refractivity contribution is -0.154. The van der Waals surface area contributed by atoms with Crippen molar-refractivity contribution in [3.05, 3.63) is 138 Å². The van der Waals surface area contributed by atoms with E-state index in [1.165, 1.54) is 20.3 Å². The molecule has 0 aliphatic carbocycles. The Hall–Kier alpha value is -4.90. The van der Waals surface area contributed by atoms with Crippen molar-refractivity contribution in [1.82, 2.24) is 0 Å². The average Bonchev–Trinajstić information content (AvgIpc) is 3.59. The number of ether oxygens (including phenoxy) is 7. The fourth-order valence-electron chi connectivity index (χ4n) is 8.06. The molecule has 1 aliphatic rings. The third-order valence-electron chi connectivity index (χ3n) is 11.6. The van der Waals surface area contributed by atoms with Crippen LogP contribution in [0.25, 0.3) is 6.08 Å². The Kier molecular flexibility index (Phi) is 17.9. The molecule has 0 bridgehead atoms. The second kappa shape index (κ2) is 22.7. The summed E-state index contributed by atoms with van der Waals surface area (Å²) in [5.41, 5.74) is 0.928. The van der Waals surface area contributed by atoms with Gasteiger partial charge in [-0.05, 0) is 78.5 Å². The third-order valence-corrected chi connectivity index (χ3v) is 18.4. The first-order valence-corrected chi connectivity index (χ1v) is 28.3. The smallest absolute Gasteiger partial charge is 0.342 e. The highest BCUT2D eigenvalue weighted by Crippen LogP contribution is 2.40. The van der Waals surface area contributed by atoms with Crippen molar-refractivity contribution in [2.24, 2.45) is 5.92 Å². The third kappa shape index (κ3) is 13.4. The predicted octanol–water partition coefficient (Wildman–Crippen LogP) is 10.8. The normalized spacial score (nSPS) is 18.1. The molecular weight excluding hydrogens is 872 g/mol. The SMILES string of the molecule is COCOc1cc(OC)cc(/C=C/C[C@H]2OC(C)(C)O[C@@H]2C(OC(=O)c2ccccc2)/C(F)=C\[C@@H](C)[C@H](C)O[Si](c2ccccc2)(c2ccccc2)C(C)(C)C)c1C(=O)OCC[Si](C)(C)C. The first-order chi connectivity index (χ1) is 31.2. The van der Waals surface area contributed by atoms with Gasteiger partial charge in [-0.3, -0.25) is 0 Å². The van der Waals surface area contributed by atoms with Crippen LogP contribution < -0.4 is 19.8 Å². The minimum Gasteiger partial charge on any atom is -0.497 e. The van der Waals surface area contributed by atoms with Crippen LogP contribution in [0.3, 0.4) is 0 Å². The number of methoxy groups -OCH3 is 2. The van der Waals surface area contributed by atoms with Crippen molar-refractivity contribution < 1.29 is 51.6 Å². The number of hydrogen-bond donors (Lipinski definition) is 0. The number of esters is 2. The number of rotatable bonds is 21. The molecule has 4 aromatic rings. The van der Waals surface area contributed by atoms with Gasteiger partial charge in [-0.25, -0.2) is 14.0 Å². The zero-order valence-corrected chi connectivity index (χ0v) is 42.7. The van der Waals surface area contributed by atoms with Gasteiger partial charge in [0.2, 0.25) is 0 Å². The van der Waals surface area contributed by atoms with Crippen molar-refractivity contribution in [3.63, 3.8) is 0 Å². The molecule has 0 N–H and O–H groups in total. The summed E-state index contributed by atoms with van der Waals surface area (Å²) in [6.45, 7) is 20.7. The van der Waals surface area contributed by atoms with Gasteiger partial charge >= 0.3 is 11.9 Å². The van der Waals surface area contributed by atoms with Gasteiger partial charge in [0.05, 0.1) is 25.4 Å². The minimum absolute atomic E-state index is 0.110. The Labute approximate surface area is 393 Å². The molecule has 1 fully saturated rings. The fraction of sp³-hybridized carbons (Fsp3) is 0.434. The Balaban J connectivity index is 1.51. The Bertz CT molecular complexity index is 2220. The molecule has 356 valence electrons. The second-order valence-electron chi connectivity index (χ2n) is 19.5. The van der Waals surface area contributed by atoms with Crippen LogP contribution in [0.15, 0.2) is 121 Å². The summed E-state index contributed by atoms with van der Waals surface area (Å²) in [5, 5.41) is 1.91. The van der Waals surface area contributed by atoms with E-state index in [-0.39, 0.29) is 41.7 Å². The number of halogens is 1. The van der Waals surface area contributed by atoms with Gasteiger partial charge in [-0.1, -0.05) is 138 Å². The molecule has 1 aliphatic heterocycles. The lowest BCUT2D eigenvalue weighted by Crippen LogP contribution is -2.67. The van der Waals surface area contributed by atoms with Crippen LogP contribution in [0.5, 0.6) is 11.5 Å². The molecule has 1 saturated heterocycles. The van der Waals surface area contributed by atoms with Gasteiger partial charge in [-0.15, -0.1) is 0 Å². The van der Waals surface area contributed by atoms with Crippen LogP contribution in [0.2, 0.25) is 30.7 Å². The molecular formula is C53H69FO10Si2. The number of hydrogen-bond acceptors (Lipinski definition) is 10. The zero-order chi connectivity index (χ0) is 48.3. The Morgan fingerprint density at radius 3 is 1.98 bits per heavy atom. The summed E-state index contributed by atoms with van der Waals surface area (Å²) in [6.07, 6.45) is 1.35. The molecule has 0 aromatic heterocycles. The lowest BCUT2D eigenvalue weighted by Gasteiger charge is -2.45. The van der Waals surface area contributed by atoms with E-state index < -0.39 is 70.3 Å². The van der Waals surface area contributed by atoms with Gasteiger partial charge in [0.25, 0.3) is 8.32 Å². The van der Waals surface area contributed by atoms with Crippen molar-refractivity contribution in [2.45, 2.75) is 116 Å². The van der Waals surface area contributed by atoms with Gasteiger partial charge in [0.15, 0.2) is 18.7 Å². The van der Waals surface area contributed by atoms with Crippen LogP contribution >= 0.6 is 0 Å². The number of carbonyl (C=O) groups excluding carboxylic acids is 2. The predicted molar refractivity (Wildman–Crippen MR) is 264 cm³/mol. The summed E-state index contributed by atoms with van der Waals surface area (Å²) < 4.78 is 66.1. The molecule has 1 heterocycles. The maximum Gasteiger partial charge on any atom is 0.342 e. The average molecular weight is 941 g/mol. The van der Waals surface area contributed by atoms with E-state index in [1.807, 2.05) is 50.2 Å². The fourth-order valence-corrected chi connectivity index (χ4v) is 13.6. The van der Waals surface area contributed by atoms with E-state index in [9.17, 15) is 9.59 Å². The molecule has 10 nitrogen and oxygen atoms in total. The van der Waals surface area contributed by atoms with Crippen LogP contribution in [-0.4, -0.2) is 86.2 Å². The number of carbonyl (C=O) groups is 2. The molecule has 5 atom stereocenters. The van der Waals surface area contributed by atoms with Crippen molar-refractivity contribution >= 4 is 44.8 Å². The largest absolute Gasteiger partial charge is 0.497 e. The van der Waals surface area contributed by atoms with Crippen LogP contribution in [0.4, 0.5) is 4.39 Å². The molecule has 0 amide bonds. The van der Waals surface area contributed by atoms with Crippen LogP contribution in [0.1, 0.15) is 81.2 Å². The van der Waals surface area contributed by atoms with E-state index in [4.69, 9.17) is 37.6 Å². The summed E-state index contributed by atoms with van der Waals surface area (Å²) in [5.74, 6) is -2.94. The molecule has 13 heteroatoms. The van der Waals surface area contributed by atoms with Crippen molar-refractivity contribution in [2.75, 3.05) is 27.6 Å². The van der Waals surface area contributed by atoms with E-state index in [0.717, 1.165) is 16.4 Å². The first-order valence-electron chi connectivity index (χ1n) is 22.6. The van der Waals surface area contributed by atoms with Crippen LogP contribution in [-0.2, 0) is 28.1 Å². The standard InChI is InChI=1S/C53H69FO10Si2/c1-37(38(2)64-66(52(3,4)5,42-26-18-14-19-27-42)43-28-20-15-21-29-43)33-44(54)48(61-50(55)39-23-16-13-17-24-39)49-45(62-53(6,7)63-49)30-22-25-40-34-41(58-9)35-46(60-36-57-8)47(40)51(56)59-31-32-65(10,11)12/h13-29,33-35,37-38,45,48-49H,30-32,36H2,1-12H3/b25-22+,44-33+/t37-,38+,45-,48?,49+/m1/s1. The van der Waals surface area contributed by atoms with Gasteiger partial charge in [-0.2, -0.15) is 0 Å². The molecule has 4 aromatic carbocycles. The van der Waals surface area contributed by atoms with E-state index in [0.29, 0.717) is 11.3 Å². The summed E-state index contributed by atoms with van der Waals surface area (Å²) in [7, 11) is -1.50. The van der Waals surface area contributed by atoms with Gasteiger partial charge < -0.3 is 37.6 Å². The van der Waals surface area contributed by atoms with E-state index >= 15 is 4.39 Å². The molecule has 0 spiro atoms. The highest BCUT2D eigenvalue weighted by molar-refractivity contribution is 6.99. The lowest BCUT2D eigenvalue weighted by atomic mass is 9.99. The highest BCUT2D eigenvalue weighted by atomic mass is 28.4. The van der Waals surface area contributed by atoms with Crippen molar-refractivity contribution in [1.29, 1.82) is 0 Å². The van der Waals surface area contributed by atoms with Crippen LogP contribution in [0, 0.1) is 5.92 Å². The second-order valence-corrected chi connectivity index (χ2v) is 29.3. The summed E-state index contributed by atoms with van der Waals surface area (Å²) in [6, 6.07) is 33.2. The monoisotopic (exact) mass is 940 g/mol. The Morgan fingerprint density at radius 1 is 0.848 bits per heavy atom. The van der Waals surface area contributed by atoms with Gasteiger partial charge in [0.1, 0.15) is 29.0 Å². The van der Waals surface area contributed by atoms with Crippen molar-refractivity contribution in [3.8, 4) is 11.5 Å². The molecule has 0 radical (unpaired) electrons. The summed E-state index contributed by atoms with van der Waals surface area (Å²) in [4.78, 5) is 27.5. The summed E-state index contributed by atoms with van der Waals surface area (Å²) >= 11 is 0. The maximum atomic E-state index is 17.4. The first kappa shape index (κ1) is 52.1. The Morgan fingerprint density at radius 2 is 1.44 bits per heavy atom. The zero-order valence-electron chi connectivity index (χ0n) is 40.7. The van der Waals surface area contributed by atoms with Gasteiger partial charge in [0, 0.05) is 33.3 Å². The molecule has 5 rings (SSSR count). The quantitative estimate of drug-likeness (QED) is 0.0455. The van der Waals surface area contributed by atoms with E-state index in [2.05, 4.69) is 64.7 Å². The van der Waals surface area contributed by atoms with E-state index in [1.54, 1.807) is 68.5 Å². The maximum absolute atomic E-state index is 17.4. The minimum atomic E-state index is -3.00. The number of benzene rings is 4. The molecule has 0 saturated carbocycles. The topological polar surface area (TPSA) is 108 Å². The molecule has 1 unspecified atom stereocenters. The highest BCUT2D eigenvalue weighted by Gasteiger charge is 2.52. The molecule has 66 heavy (non-hydrogen) atoms.